The van der Waals surface area contributed by atoms with Gasteiger partial charge in [-0.1, -0.05) is 54.1 Å². The molecule has 214 valence electrons. The lowest BCUT2D eigenvalue weighted by Crippen LogP contribution is -2.49. The van der Waals surface area contributed by atoms with Crippen LogP contribution in [0, 0.1) is 5.82 Å². The number of carbonyl (C=O) groups is 3. The summed E-state index contributed by atoms with van der Waals surface area (Å²) < 4.78 is 14.2. The molecule has 4 aromatic carbocycles. The number of benzene rings is 4. The van der Waals surface area contributed by atoms with Crippen LogP contribution in [0.1, 0.15) is 36.6 Å². The molecule has 4 aromatic rings. The third kappa shape index (κ3) is 6.61. The van der Waals surface area contributed by atoms with Crippen molar-refractivity contribution in [2.24, 2.45) is 0 Å². The molecule has 7 nitrogen and oxygen atoms in total. The Morgan fingerprint density at radius 2 is 1.50 bits per heavy atom. The van der Waals surface area contributed by atoms with Gasteiger partial charge in [-0.2, -0.15) is 0 Å². The van der Waals surface area contributed by atoms with Crippen molar-refractivity contribution in [3.05, 3.63) is 130 Å². The molecule has 0 unspecified atom stereocenters. The zero-order valence-corrected chi connectivity index (χ0v) is 23.9. The van der Waals surface area contributed by atoms with Crippen LogP contribution in [0.25, 0.3) is 0 Å². The van der Waals surface area contributed by atoms with Crippen LogP contribution in [0.5, 0.6) is 0 Å². The zero-order chi connectivity index (χ0) is 29.6. The van der Waals surface area contributed by atoms with Gasteiger partial charge in [-0.05, 0) is 60.2 Å². The molecular formula is C33H30ClFN4O3. The number of piperazine rings is 1. The Labute approximate surface area is 249 Å². The van der Waals surface area contributed by atoms with Crippen LogP contribution < -0.4 is 10.2 Å². The van der Waals surface area contributed by atoms with Crippen molar-refractivity contribution in [3.8, 4) is 0 Å². The molecule has 5 rings (SSSR count). The highest BCUT2D eigenvalue weighted by molar-refractivity contribution is 6.30. The summed E-state index contributed by atoms with van der Waals surface area (Å²) in [5, 5.41) is 3.41. The highest BCUT2D eigenvalue weighted by Gasteiger charge is 2.27. The molecule has 0 aromatic heterocycles. The standard InChI is InChI=1S/C33H30ClFN4O3/c1-37(22-23-7-3-2-4-8-23)32(41)28-21-26(36-31(40)24-11-13-25(34)14-12-24)15-16-30(28)38-17-19-39(20-18-38)33(42)27-9-5-6-10-29(27)35/h2-16,21H,17-20,22H2,1H3,(H,36,40). The van der Waals surface area contributed by atoms with E-state index >= 15 is 0 Å². The SMILES string of the molecule is CN(Cc1ccccc1)C(=O)c1cc(NC(=O)c2ccc(Cl)cc2)ccc1N1CCN(C(=O)c2ccccc2F)CC1. The molecular weight excluding hydrogens is 555 g/mol. The molecule has 0 bridgehead atoms. The Morgan fingerprint density at radius 1 is 0.833 bits per heavy atom. The first-order chi connectivity index (χ1) is 20.3. The van der Waals surface area contributed by atoms with E-state index < -0.39 is 5.82 Å². The van der Waals surface area contributed by atoms with Gasteiger partial charge in [-0.15, -0.1) is 0 Å². The maximum absolute atomic E-state index is 14.2. The van der Waals surface area contributed by atoms with Crippen LogP contribution in [0.15, 0.2) is 97.1 Å². The number of carbonyl (C=O) groups excluding carboxylic acids is 3. The fourth-order valence-corrected chi connectivity index (χ4v) is 5.08. The van der Waals surface area contributed by atoms with Crippen LogP contribution in [-0.2, 0) is 6.54 Å². The van der Waals surface area contributed by atoms with Crippen molar-refractivity contribution >= 4 is 40.7 Å². The smallest absolute Gasteiger partial charge is 0.256 e. The number of halogens is 2. The quantitative estimate of drug-likeness (QED) is 0.291. The second kappa shape index (κ2) is 12.9. The first-order valence-corrected chi connectivity index (χ1v) is 14.0. The van der Waals surface area contributed by atoms with Crippen LogP contribution in [-0.4, -0.2) is 60.7 Å². The van der Waals surface area contributed by atoms with Gasteiger partial charge in [-0.25, -0.2) is 4.39 Å². The number of nitrogens with one attached hydrogen (secondary N) is 1. The lowest BCUT2D eigenvalue weighted by Gasteiger charge is -2.37. The summed E-state index contributed by atoms with van der Waals surface area (Å²) in [4.78, 5) is 44.9. The number of amides is 3. The minimum absolute atomic E-state index is 0.0464. The molecule has 1 aliphatic heterocycles. The molecule has 1 N–H and O–H groups in total. The van der Waals surface area contributed by atoms with Crippen molar-refractivity contribution in [2.75, 3.05) is 43.4 Å². The highest BCUT2D eigenvalue weighted by atomic mass is 35.5. The van der Waals surface area contributed by atoms with Crippen LogP contribution in [0.2, 0.25) is 5.02 Å². The first kappa shape index (κ1) is 28.8. The normalized spacial score (nSPS) is 13.0. The Bertz CT molecular complexity index is 1590. The summed E-state index contributed by atoms with van der Waals surface area (Å²) in [6.45, 7) is 2.06. The summed E-state index contributed by atoms with van der Waals surface area (Å²) in [5.74, 6) is -1.43. The summed E-state index contributed by atoms with van der Waals surface area (Å²) in [5.41, 5.74) is 3.07. The van der Waals surface area contributed by atoms with Gasteiger partial charge >= 0.3 is 0 Å². The number of hydrogen-bond donors (Lipinski definition) is 1. The van der Waals surface area contributed by atoms with Crippen LogP contribution in [0.3, 0.4) is 0 Å². The molecule has 1 heterocycles. The van der Waals surface area contributed by atoms with Gasteiger partial charge in [0.15, 0.2) is 0 Å². The second-order valence-corrected chi connectivity index (χ2v) is 10.5. The summed E-state index contributed by atoms with van der Waals surface area (Å²) in [7, 11) is 1.74. The molecule has 0 aliphatic carbocycles. The Kier molecular flexibility index (Phi) is 8.83. The van der Waals surface area contributed by atoms with E-state index in [2.05, 4.69) is 5.32 Å². The average molecular weight is 585 g/mol. The topological polar surface area (TPSA) is 73.0 Å². The van der Waals surface area contributed by atoms with Gasteiger partial charge in [0.25, 0.3) is 17.7 Å². The molecule has 42 heavy (non-hydrogen) atoms. The molecule has 1 aliphatic rings. The van der Waals surface area contributed by atoms with Crippen LogP contribution >= 0.6 is 11.6 Å². The number of nitrogens with zero attached hydrogens (tertiary/aromatic N) is 3. The van der Waals surface area contributed by atoms with Crippen LogP contribution in [0.4, 0.5) is 15.8 Å². The Balaban J connectivity index is 1.38. The minimum Gasteiger partial charge on any atom is -0.367 e. The Morgan fingerprint density at radius 3 is 2.19 bits per heavy atom. The molecule has 0 spiro atoms. The summed E-state index contributed by atoms with van der Waals surface area (Å²) >= 11 is 5.96. The van der Waals surface area contributed by atoms with E-state index in [1.54, 1.807) is 65.4 Å². The number of anilines is 2. The van der Waals surface area contributed by atoms with E-state index in [0.717, 1.165) is 5.56 Å². The maximum Gasteiger partial charge on any atom is 0.256 e. The predicted molar refractivity (Wildman–Crippen MR) is 163 cm³/mol. The molecule has 1 saturated heterocycles. The second-order valence-electron chi connectivity index (χ2n) is 10.1. The van der Waals surface area contributed by atoms with Gasteiger partial charge in [0, 0.05) is 61.7 Å². The van der Waals surface area contributed by atoms with E-state index in [0.29, 0.717) is 60.2 Å². The Hall–Kier alpha value is -4.69. The predicted octanol–water partition coefficient (Wildman–Crippen LogP) is 5.97. The van der Waals surface area contributed by atoms with Gasteiger partial charge < -0.3 is 20.0 Å². The monoisotopic (exact) mass is 584 g/mol. The van der Waals surface area contributed by atoms with E-state index in [-0.39, 0.29) is 23.3 Å². The van der Waals surface area contributed by atoms with Gasteiger partial charge in [-0.3, -0.25) is 14.4 Å². The number of rotatable bonds is 7. The molecule has 0 radical (unpaired) electrons. The van der Waals surface area contributed by atoms with E-state index in [4.69, 9.17) is 11.6 Å². The fourth-order valence-electron chi connectivity index (χ4n) is 4.96. The van der Waals surface area contributed by atoms with Crippen molar-refractivity contribution in [1.82, 2.24) is 9.80 Å². The third-order valence-corrected chi connectivity index (χ3v) is 7.46. The first-order valence-electron chi connectivity index (χ1n) is 13.6. The highest BCUT2D eigenvalue weighted by Crippen LogP contribution is 2.28. The van der Waals surface area contributed by atoms with Crippen molar-refractivity contribution in [2.45, 2.75) is 6.54 Å². The van der Waals surface area contributed by atoms with Gasteiger partial charge in [0.2, 0.25) is 0 Å². The third-order valence-electron chi connectivity index (χ3n) is 7.21. The largest absolute Gasteiger partial charge is 0.367 e. The summed E-state index contributed by atoms with van der Waals surface area (Å²) in [6.07, 6.45) is 0. The molecule has 1 fully saturated rings. The average Bonchev–Trinajstić information content (AvgIpc) is 3.01. The molecule has 9 heteroatoms. The zero-order valence-electron chi connectivity index (χ0n) is 23.1. The van der Waals surface area contributed by atoms with Crippen molar-refractivity contribution in [1.29, 1.82) is 0 Å². The lowest BCUT2D eigenvalue weighted by molar-refractivity contribution is 0.0738. The molecule has 3 amide bonds. The van der Waals surface area contributed by atoms with Crippen molar-refractivity contribution in [3.63, 3.8) is 0 Å². The number of hydrogen-bond acceptors (Lipinski definition) is 4. The van der Waals surface area contributed by atoms with E-state index in [1.165, 1.54) is 12.1 Å². The van der Waals surface area contributed by atoms with E-state index in [9.17, 15) is 18.8 Å². The van der Waals surface area contributed by atoms with E-state index in [1.807, 2.05) is 41.3 Å². The fraction of sp³-hybridized carbons (Fsp3) is 0.182. The lowest BCUT2D eigenvalue weighted by atomic mass is 10.1. The minimum atomic E-state index is -0.546. The summed E-state index contributed by atoms with van der Waals surface area (Å²) in [6, 6.07) is 27.5. The molecule has 0 atom stereocenters. The van der Waals surface area contributed by atoms with Gasteiger partial charge in [0.05, 0.1) is 11.1 Å². The van der Waals surface area contributed by atoms with Crippen molar-refractivity contribution < 1.29 is 18.8 Å². The van der Waals surface area contributed by atoms with Gasteiger partial charge in [0.1, 0.15) is 5.82 Å². The maximum atomic E-state index is 14.2. The molecule has 0 saturated carbocycles.